The molecular weight excluding hydrogens is 526 g/mol. The number of amides is 2. The van der Waals surface area contributed by atoms with Gasteiger partial charge in [0.25, 0.3) is 10.0 Å². The highest BCUT2D eigenvalue weighted by molar-refractivity contribution is 7.92. The van der Waals surface area contributed by atoms with Crippen LogP contribution in [0, 0.1) is 6.92 Å². The van der Waals surface area contributed by atoms with Gasteiger partial charge in [0.15, 0.2) is 0 Å². The van der Waals surface area contributed by atoms with Gasteiger partial charge >= 0.3 is 0 Å². The van der Waals surface area contributed by atoms with Crippen LogP contribution in [0.2, 0.25) is 0 Å². The summed E-state index contributed by atoms with van der Waals surface area (Å²) in [7, 11) is -4.11. The number of carbonyl (C=O) groups is 2. The molecule has 3 aromatic carbocycles. The highest BCUT2D eigenvalue weighted by atomic mass is 32.2. The quantitative estimate of drug-likeness (QED) is 0.299. The van der Waals surface area contributed by atoms with Crippen LogP contribution in [0.4, 0.5) is 5.69 Å². The molecule has 9 heteroatoms. The van der Waals surface area contributed by atoms with Crippen molar-refractivity contribution in [3.63, 3.8) is 0 Å². The smallest absolute Gasteiger partial charge is 0.264 e. The zero-order valence-electron chi connectivity index (χ0n) is 23.7. The number of hydrogen-bond acceptors (Lipinski definition) is 5. The number of hydrogen-bond donors (Lipinski definition) is 1. The van der Waals surface area contributed by atoms with Crippen LogP contribution >= 0.6 is 0 Å². The third-order valence-corrected chi connectivity index (χ3v) is 8.24. The zero-order valence-corrected chi connectivity index (χ0v) is 24.5. The van der Waals surface area contributed by atoms with E-state index >= 15 is 0 Å². The summed E-state index contributed by atoms with van der Waals surface area (Å²) in [6.07, 6.45) is 1.14. The van der Waals surface area contributed by atoms with Crippen LogP contribution in [-0.2, 0) is 26.2 Å². The van der Waals surface area contributed by atoms with Crippen LogP contribution in [0.15, 0.2) is 83.8 Å². The second-order valence-electron chi connectivity index (χ2n) is 9.47. The Morgan fingerprint density at radius 1 is 0.900 bits per heavy atom. The molecule has 214 valence electrons. The number of rotatable bonds is 14. The highest BCUT2D eigenvalue weighted by Gasteiger charge is 2.33. The maximum absolute atomic E-state index is 14.0. The first-order valence-electron chi connectivity index (χ1n) is 13.6. The lowest BCUT2D eigenvalue weighted by Gasteiger charge is -2.33. The van der Waals surface area contributed by atoms with Crippen molar-refractivity contribution in [1.82, 2.24) is 10.2 Å². The number of nitrogens with zero attached hydrogens (tertiary/aromatic N) is 2. The normalized spacial score (nSPS) is 11.9. The molecule has 0 fully saturated rings. The molecule has 0 aromatic heterocycles. The molecular formula is C31H39N3O5S. The van der Waals surface area contributed by atoms with E-state index in [-0.39, 0.29) is 17.3 Å². The third kappa shape index (κ3) is 7.85. The van der Waals surface area contributed by atoms with Gasteiger partial charge in [-0.05, 0) is 68.7 Å². The van der Waals surface area contributed by atoms with Gasteiger partial charge in [-0.2, -0.15) is 0 Å². The molecule has 0 heterocycles. The molecule has 0 spiro atoms. The largest absolute Gasteiger partial charge is 0.494 e. The fraction of sp³-hybridized carbons (Fsp3) is 0.355. The second kappa shape index (κ2) is 14.5. The molecule has 2 amide bonds. The van der Waals surface area contributed by atoms with Crippen LogP contribution in [0.25, 0.3) is 0 Å². The number of nitrogens with one attached hydrogen (secondary N) is 1. The molecule has 0 saturated heterocycles. The molecule has 3 rings (SSSR count). The van der Waals surface area contributed by atoms with Gasteiger partial charge in [-0.3, -0.25) is 13.9 Å². The maximum Gasteiger partial charge on any atom is 0.264 e. The predicted molar refractivity (Wildman–Crippen MR) is 158 cm³/mol. The fourth-order valence-electron chi connectivity index (χ4n) is 4.30. The van der Waals surface area contributed by atoms with Gasteiger partial charge in [-0.25, -0.2) is 8.42 Å². The van der Waals surface area contributed by atoms with E-state index in [2.05, 4.69) is 5.32 Å². The van der Waals surface area contributed by atoms with Gasteiger partial charge in [-0.15, -0.1) is 0 Å². The lowest BCUT2D eigenvalue weighted by molar-refractivity contribution is -0.140. The van der Waals surface area contributed by atoms with Crippen molar-refractivity contribution < 1.29 is 22.7 Å². The van der Waals surface area contributed by atoms with Gasteiger partial charge in [0, 0.05) is 13.1 Å². The number of ether oxygens (including phenoxy) is 1. The van der Waals surface area contributed by atoms with Gasteiger partial charge < -0.3 is 15.0 Å². The summed E-state index contributed by atoms with van der Waals surface area (Å²) < 4.78 is 34.3. The molecule has 1 unspecified atom stereocenters. The summed E-state index contributed by atoms with van der Waals surface area (Å²) in [5, 5.41) is 2.89. The molecule has 0 aliphatic rings. The Kier molecular flexibility index (Phi) is 11.1. The minimum Gasteiger partial charge on any atom is -0.494 e. The average molecular weight is 566 g/mol. The van der Waals surface area contributed by atoms with E-state index in [1.54, 1.807) is 42.5 Å². The minimum atomic E-state index is -4.11. The molecule has 0 aliphatic heterocycles. The van der Waals surface area contributed by atoms with E-state index in [1.807, 2.05) is 52.0 Å². The van der Waals surface area contributed by atoms with Crippen LogP contribution < -0.4 is 14.4 Å². The van der Waals surface area contributed by atoms with Gasteiger partial charge in [-0.1, -0.05) is 61.9 Å². The van der Waals surface area contributed by atoms with Crippen LogP contribution in [-0.4, -0.2) is 50.9 Å². The number of benzene rings is 3. The van der Waals surface area contributed by atoms with Crippen LogP contribution in [0.3, 0.4) is 0 Å². The first-order valence-corrected chi connectivity index (χ1v) is 15.1. The topological polar surface area (TPSA) is 96.0 Å². The Balaban J connectivity index is 2.03. The zero-order chi connectivity index (χ0) is 29.1. The van der Waals surface area contributed by atoms with E-state index in [1.165, 1.54) is 17.0 Å². The van der Waals surface area contributed by atoms with Gasteiger partial charge in [0.1, 0.15) is 18.3 Å². The van der Waals surface area contributed by atoms with Gasteiger partial charge in [0.2, 0.25) is 11.8 Å². The Labute approximate surface area is 238 Å². The maximum atomic E-state index is 14.0. The van der Waals surface area contributed by atoms with Crippen LogP contribution in [0.5, 0.6) is 5.75 Å². The van der Waals surface area contributed by atoms with E-state index in [9.17, 15) is 18.0 Å². The first kappa shape index (κ1) is 30.7. The number of sulfonamides is 1. The molecule has 40 heavy (non-hydrogen) atoms. The van der Waals surface area contributed by atoms with E-state index in [0.717, 1.165) is 21.9 Å². The van der Waals surface area contributed by atoms with Crippen molar-refractivity contribution in [2.75, 3.05) is 24.0 Å². The Morgan fingerprint density at radius 3 is 2.12 bits per heavy atom. The van der Waals surface area contributed by atoms with Crippen molar-refractivity contribution in [1.29, 1.82) is 0 Å². The third-order valence-electron chi connectivity index (χ3n) is 6.45. The number of aryl methyl sites for hydroxylation is 1. The number of carbonyl (C=O) groups excluding carboxylic acids is 2. The van der Waals surface area contributed by atoms with E-state index in [0.29, 0.717) is 31.0 Å². The monoisotopic (exact) mass is 565 g/mol. The summed E-state index contributed by atoms with van der Waals surface area (Å²) in [5.41, 5.74) is 2.24. The summed E-state index contributed by atoms with van der Waals surface area (Å²) in [4.78, 5) is 28.7. The van der Waals surface area contributed by atoms with Gasteiger partial charge in [0.05, 0.1) is 17.2 Å². The molecule has 3 aromatic rings. The first-order chi connectivity index (χ1) is 19.2. The summed E-state index contributed by atoms with van der Waals surface area (Å²) in [6, 6.07) is 21.6. The van der Waals surface area contributed by atoms with Crippen molar-refractivity contribution in [2.45, 2.75) is 58.0 Å². The molecule has 1 atom stereocenters. The standard InChI is InChI=1S/C31H39N3O5S/c1-5-21-32-31(36)29(6-2)33(22-25-15-13-24(4)14-16-25)30(35)23-34(26-17-19-27(20-18-26)39-7-3)40(37,38)28-11-9-8-10-12-28/h8-20,29H,5-7,21-23H2,1-4H3,(H,32,36). The van der Waals surface area contributed by atoms with E-state index in [4.69, 9.17) is 4.74 Å². The SMILES string of the molecule is CCCNC(=O)C(CC)N(Cc1ccc(C)cc1)C(=O)CN(c1ccc(OCC)cc1)S(=O)(=O)c1ccccc1. The van der Waals surface area contributed by atoms with Crippen molar-refractivity contribution in [3.8, 4) is 5.75 Å². The Morgan fingerprint density at radius 2 is 1.55 bits per heavy atom. The molecule has 0 aliphatic carbocycles. The second-order valence-corrected chi connectivity index (χ2v) is 11.3. The molecule has 0 bridgehead atoms. The molecule has 0 radical (unpaired) electrons. The molecule has 1 N–H and O–H groups in total. The summed E-state index contributed by atoms with van der Waals surface area (Å²) >= 11 is 0. The lowest BCUT2D eigenvalue weighted by Crippen LogP contribution is -2.52. The van der Waals surface area contributed by atoms with Crippen LogP contribution in [0.1, 0.15) is 44.7 Å². The fourth-order valence-corrected chi connectivity index (χ4v) is 5.73. The lowest BCUT2D eigenvalue weighted by atomic mass is 10.1. The Hall–Kier alpha value is -3.85. The van der Waals surface area contributed by atoms with Crippen molar-refractivity contribution >= 4 is 27.5 Å². The number of anilines is 1. The summed E-state index contributed by atoms with van der Waals surface area (Å²) in [5.74, 6) is -0.148. The van der Waals surface area contributed by atoms with Crippen molar-refractivity contribution in [3.05, 3.63) is 90.0 Å². The summed E-state index contributed by atoms with van der Waals surface area (Å²) in [6.45, 7) is 8.29. The Bertz CT molecular complexity index is 1340. The molecule has 8 nitrogen and oxygen atoms in total. The minimum absolute atomic E-state index is 0.0644. The van der Waals surface area contributed by atoms with E-state index < -0.39 is 28.5 Å². The van der Waals surface area contributed by atoms with Crippen molar-refractivity contribution in [2.24, 2.45) is 0 Å². The highest BCUT2D eigenvalue weighted by Crippen LogP contribution is 2.27. The predicted octanol–water partition coefficient (Wildman–Crippen LogP) is 4.92. The molecule has 0 saturated carbocycles. The average Bonchev–Trinajstić information content (AvgIpc) is 2.96.